The van der Waals surface area contributed by atoms with Gasteiger partial charge in [-0.1, -0.05) is 34.3 Å². The van der Waals surface area contributed by atoms with Gasteiger partial charge in [0, 0.05) is 69.8 Å². The van der Waals surface area contributed by atoms with Crippen LogP contribution in [0.15, 0.2) is 36.7 Å². The first kappa shape index (κ1) is 36.7. The quantitative estimate of drug-likeness (QED) is 0.103. The van der Waals surface area contributed by atoms with Gasteiger partial charge < -0.3 is 23.7 Å². The highest BCUT2D eigenvalue weighted by molar-refractivity contribution is 5.93. The number of carbonyl (C=O) groups is 6. The Bertz CT molecular complexity index is 1460. The summed E-state index contributed by atoms with van der Waals surface area (Å²) in [6, 6.07) is 3.04. The molecule has 2 saturated carbocycles. The number of rotatable bonds is 7. The molecule has 1 aromatic heterocycles. The van der Waals surface area contributed by atoms with Gasteiger partial charge in [-0.15, -0.1) is 0 Å². The molecule has 0 amide bonds. The van der Waals surface area contributed by atoms with E-state index < -0.39 is 101 Å². The summed E-state index contributed by atoms with van der Waals surface area (Å²) in [6.07, 6.45) is -3.69. The van der Waals surface area contributed by atoms with E-state index in [-0.39, 0.29) is 24.0 Å². The van der Waals surface area contributed by atoms with Gasteiger partial charge in [0.25, 0.3) is 0 Å². The molecular weight excluding hydrogens is 630 g/mol. The minimum atomic E-state index is -1.95. The van der Waals surface area contributed by atoms with Gasteiger partial charge in [0.15, 0.2) is 11.4 Å². The van der Waals surface area contributed by atoms with Crippen LogP contribution in [0.1, 0.15) is 78.6 Å². The lowest BCUT2D eigenvalue weighted by Gasteiger charge is -2.42. The smallest absolute Gasteiger partial charge is 0.374 e. The summed E-state index contributed by atoms with van der Waals surface area (Å²) in [5.41, 5.74) is -2.84. The van der Waals surface area contributed by atoms with E-state index in [1.54, 1.807) is 33.8 Å². The molecule has 1 aromatic rings. The molecule has 0 radical (unpaired) electrons. The number of pyridine rings is 1. The van der Waals surface area contributed by atoms with E-state index in [4.69, 9.17) is 33.5 Å². The van der Waals surface area contributed by atoms with Crippen molar-refractivity contribution in [2.45, 2.75) is 110 Å². The van der Waals surface area contributed by atoms with Crippen LogP contribution >= 0.6 is 0 Å². The second-order valence-electron chi connectivity index (χ2n) is 13.4. The van der Waals surface area contributed by atoms with Gasteiger partial charge in [-0.05, 0) is 18.1 Å². The van der Waals surface area contributed by atoms with Crippen LogP contribution in [0.25, 0.3) is 0 Å². The van der Waals surface area contributed by atoms with Crippen molar-refractivity contribution < 1.29 is 62.2 Å². The summed E-state index contributed by atoms with van der Waals surface area (Å²) in [7, 11) is 0. The molecule has 10 atom stereocenters. The summed E-state index contributed by atoms with van der Waals surface area (Å²) >= 11 is 0. The van der Waals surface area contributed by atoms with Gasteiger partial charge in [-0.2, -0.15) is 4.89 Å². The fourth-order valence-corrected chi connectivity index (χ4v) is 7.16. The van der Waals surface area contributed by atoms with Gasteiger partial charge in [0.05, 0.1) is 23.7 Å². The number of ketones is 1. The minimum Gasteiger partial charge on any atom is -0.462 e. The molecule has 3 aliphatic rings. The number of aromatic nitrogens is 1. The minimum absolute atomic E-state index is 0.00884. The summed E-state index contributed by atoms with van der Waals surface area (Å²) in [5, 5.41) is 0. The molecule has 14 nitrogen and oxygen atoms in total. The fraction of sp³-hybridized carbons (Fsp3) is 0.618. The summed E-state index contributed by atoms with van der Waals surface area (Å²) in [4.78, 5) is 92.9. The predicted molar refractivity (Wildman–Crippen MR) is 163 cm³/mol. The first-order valence-electron chi connectivity index (χ1n) is 15.8. The highest BCUT2D eigenvalue weighted by atomic mass is 17.2. The molecule has 2 aliphatic carbocycles. The molecule has 0 bridgehead atoms. The van der Waals surface area contributed by atoms with Crippen LogP contribution in [0.3, 0.4) is 0 Å². The van der Waals surface area contributed by atoms with Crippen LogP contribution < -0.4 is 0 Å². The lowest BCUT2D eigenvalue weighted by atomic mass is 9.70. The van der Waals surface area contributed by atoms with E-state index in [0.717, 1.165) is 13.8 Å². The largest absolute Gasteiger partial charge is 0.462 e. The third-order valence-electron chi connectivity index (χ3n) is 9.39. The number of hydrogen-bond acceptors (Lipinski definition) is 14. The number of esters is 4. The lowest BCUT2D eigenvalue weighted by molar-refractivity contribution is -0.302. The molecule has 0 spiro atoms. The zero-order valence-corrected chi connectivity index (χ0v) is 28.4. The number of nitrogens with zero attached hydrogens (tertiary/aromatic N) is 1. The van der Waals surface area contributed by atoms with Crippen LogP contribution in [0, 0.1) is 23.2 Å². The fourth-order valence-electron chi connectivity index (χ4n) is 7.16. The Balaban J connectivity index is 1.88. The van der Waals surface area contributed by atoms with E-state index in [9.17, 15) is 28.8 Å². The number of hydrogen-bond donors (Lipinski definition) is 0. The van der Waals surface area contributed by atoms with Crippen molar-refractivity contribution >= 4 is 35.6 Å². The zero-order valence-electron chi connectivity index (χ0n) is 28.4. The van der Waals surface area contributed by atoms with Crippen molar-refractivity contribution in [3.8, 4) is 0 Å². The molecule has 14 heteroatoms. The molecular formula is C34H43NO13. The molecule has 2 heterocycles. The first-order chi connectivity index (χ1) is 22.4. The van der Waals surface area contributed by atoms with Gasteiger partial charge in [-0.3, -0.25) is 33.8 Å². The maximum atomic E-state index is 14.7. The molecule has 3 fully saturated rings. The Kier molecular flexibility index (Phi) is 10.8. The monoisotopic (exact) mass is 673 g/mol. The molecule has 262 valence electrons. The Hall–Kier alpha value is -4.17. The van der Waals surface area contributed by atoms with Gasteiger partial charge in [0.2, 0.25) is 0 Å². The SMILES string of the molecule is C=C1[C@H](OC(C)=O)C[C@@H](OOC(=O)c2cccnc2)C(C)(C)[C@@H]2O[C@@H]2[C@@H](C)C(=O)[C@]2(OC(C)=O)C[C@@H](C)[C@H](OC(C)=O)[C@@H]2[C@H]1OC(C)=O. The van der Waals surface area contributed by atoms with Gasteiger partial charge in [0.1, 0.15) is 24.4 Å². The maximum absolute atomic E-state index is 14.7. The molecule has 0 unspecified atom stereocenters. The lowest BCUT2D eigenvalue weighted by Crippen LogP contribution is -2.58. The van der Waals surface area contributed by atoms with Crippen LogP contribution in [0.5, 0.6) is 0 Å². The Morgan fingerprint density at radius 1 is 0.958 bits per heavy atom. The van der Waals surface area contributed by atoms with Crippen molar-refractivity contribution in [2.24, 2.45) is 23.2 Å². The second-order valence-corrected chi connectivity index (χ2v) is 13.4. The Morgan fingerprint density at radius 3 is 2.17 bits per heavy atom. The normalized spacial score (nSPS) is 34.2. The van der Waals surface area contributed by atoms with E-state index in [1.165, 1.54) is 32.3 Å². The zero-order chi connectivity index (χ0) is 35.7. The molecule has 0 aromatic carbocycles. The van der Waals surface area contributed by atoms with E-state index >= 15 is 0 Å². The third kappa shape index (κ3) is 7.44. The van der Waals surface area contributed by atoms with Crippen LogP contribution in [-0.4, -0.2) is 82.8 Å². The van der Waals surface area contributed by atoms with E-state index in [0.29, 0.717) is 0 Å². The number of ether oxygens (including phenoxy) is 5. The number of Topliss-reactive ketones (excluding diaryl/α,β-unsaturated/α-hetero) is 1. The predicted octanol–water partition coefficient (Wildman–Crippen LogP) is 3.25. The molecule has 48 heavy (non-hydrogen) atoms. The maximum Gasteiger partial charge on any atom is 0.374 e. The Labute approximate surface area is 278 Å². The van der Waals surface area contributed by atoms with Gasteiger partial charge in [-0.25, -0.2) is 4.79 Å². The summed E-state index contributed by atoms with van der Waals surface area (Å²) in [6.45, 7) is 15.7. The molecule has 1 aliphatic heterocycles. The summed E-state index contributed by atoms with van der Waals surface area (Å²) < 4.78 is 29.4. The summed E-state index contributed by atoms with van der Waals surface area (Å²) in [5.74, 6) is -7.11. The first-order valence-corrected chi connectivity index (χ1v) is 15.8. The van der Waals surface area contributed by atoms with Gasteiger partial charge >= 0.3 is 29.8 Å². The highest BCUT2D eigenvalue weighted by Gasteiger charge is 2.68. The van der Waals surface area contributed by atoms with E-state index in [1.807, 2.05) is 0 Å². The third-order valence-corrected chi connectivity index (χ3v) is 9.39. The molecule has 0 N–H and O–H groups in total. The standard InChI is InChI=1S/C34H43NO13/c1-16-14-34(46-22(7)39)26(27(16)43-20(5)37)28(44-21(6)38)17(2)24(42-19(4)36)13-25(47-48-32(41)23-11-10-12-35-15-23)33(8,9)31-29(45-31)18(3)30(34)40/h10-12,15-16,18,24-29,31H,2,13-14H2,1,3-9H3/t16-,18-,24-,25-,26-,27+,28+,29-,31-,34+/m1/s1. The number of carbonyl (C=O) groups excluding carboxylic acids is 6. The topological polar surface area (TPSA) is 183 Å². The van der Waals surface area contributed by atoms with E-state index in [2.05, 4.69) is 11.6 Å². The van der Waals surface area contributed by atoms with Crippen molar-refractivity contribution in [2.75, 3.05) is 0 Å². The average molecular weight is 674 g/mol. The number of epoxide rings is 1. The second kappa shape index (κ2) is 14.1. The van der Waals surface area contributed by atoms with Crippen molar-refractivity contribution in [1.29, 1.82) is 0 Å². The van der Waals surface area contributed by atoms with Crippen LogP contribution in [0.2, 0.25) is 0 Å². The van der Waals surface area contributed by atoms with Crippen LogP contribution in [0.4, 0.5) is 0 Å². The molecule has 1 saturated heterocycles. The number of fused-ring (bicyclic) bond motifs is 2. The molecule has 4 rings (SSSR count). The average Bonchev–Trinajstić information content (AvgIpc) is 3.77. The highest BCUT2D eigenvalue weighted by Crippen LogP contribution is 2.54. The van der Waals surface area contributed by atoms with Crippen LogP contribution in [-0.2, 0) is 57.4 Å². The van der Waals surface area contributed by atoms with Crippen molar-refractivity contribution in [3.63, 3.8) is 0 Å². The Morgan fingerprint density at radius 2 is 1.60 bits per heavy atom. The van der Waals surface area contributed by atoms with Crippen molar-refractivity contribution in [3.05, 3.63) is 42.2 Å². The van der Waals surface area contributed by atoms with Crippen molar-refractivity contribution in [1.82, 2.24) is 4.98 Å².